The molecular weight excluding hydrogens is 164 g/mol. The summed E-state index contributed by atoms with van der Waals surface area (Å²) in [5.41, 5.74) is 13.1. The zero-order chi connectivity index (χ0) is 9.84. The summed E-state index contributed by atoms with van der Waals surface area (Å²) in [6.07, 6.45) is 0. The molecule has 1 aromatic rings. The third-order valence-corrected chi connectivity index (χ3v) is 1.87. The highest BCUT2D eigenvalue weighted by atomic mass is 15.1. The lowest BCUT2D eigenvalue weighted by Crippen LogP contribution is -2.15. The number of benzene rings is 1. The average Bonchev–Trinajstić information content (AvgIpc) is 2.17. The van der Waals surface area contributed by atoms with E-state index in [2.05, 4.69) is 5.10 Å². The molecule has 0 amide bonds. The van der Waals surface area contributed by atoms with Crippen LogP contribution in [0.3, 0.4) is 0 Å². The van der Waals surface area contributed by atoms with Crippen molar-refractivity contribution in [3.05, 3.63) is 35.4 Å². The highest BCUT2D eigenvalue weighted by Crippen LogP contribution is 2.10. The summed E-state index contributed by atoms with van der Waals surface area (Å²) in [5.74, 6) is 5.37. The van der Waals surface area contributed by atoms with Gasteiger partial charge in [0.2, 0.25) is 0 Å². The van der Waals surface area contributed by atoms with E-state index in [0.29, 0.717) is 5.84 Å². The van der Waals surface area contributed by atoms with Crippen LogP contribution in [0.5, 0.6) is 0 Å². The van der Waals surface area contributed by atoms with Gasteiger partial charge in [-0.1, -0.05) is 24.3 Å². The molecule has 70 valence electrons. The second-order valence-corrected chi connectivity index (χ2v) is 2.93. The molecule has 6 N–H and O–H groups in total. The molecule has 0 radical (unpaired) electrons. The molecule has 0 aromatic heterocycles. The van der Waals surface area contributed by atoms with Crippen LogP contribution >= 0.6 is 0 Å². The van der Waals surface area contributed by atoms with E-state index in [1.54, 1.807) is 0 Å². The van der Waals surface area contributed by atoms with Crippen LogP contribution in [0.2, 0.25) is 0 Å². The van der Waals surface area contributed by atoms with Gasteiger partial charge in [-0.2, -0.15) is 5.10 Å². The third-order valence-electron chi connectivity index (χ3n) is 1.87. The van der Waals surface area contributed by atoms with Crippen molar-refractivity contribution in [3.63, 3.8) is 0 Å². The highest BCUT2D eigenvalue weighted by molar-refractivity contribution is 5.97. The maximum atomic E-state index is 5.69. The first-order valence-electron chi connectivity index (χ1n) is 4.04. The third kappa shape index (κ3) is 2.19. The van der Waals surface area contributed by atoms with Gasteiger partial charge in [0.1, 0.15) is 5.84 Å². The SMILES string of the molecule is CC(N)c1ccc(/C(N)=N/N)cc1. The molecule has 0 saturated heterocycles. The number of nitrogens with two attached hydrogens (primary N) is 3. The maximum Gasteiger partial charge on any atom is 0.150 e. The average molecular weight is 178 g/mol. The van der Waals surface area contributed by atoms with E-state index in [9.17, 15) is 0 Å². The standard InChI is InChI=1S/C9H14N4/c1-6(10)7-2-4-8(5-3-7)9(11)13-12/h2-6H,10,12H2,1H3,(H2,11,13). The monoisotopic (exact) mass is 178 g/mol. The lowest BCUT2D eigenvalue weighted by atomic mass is 10.1. The number of hydrazone groups is 1. The van der Waals surface area contributed by atoms with Gasteiger partial charge in [-0.3, -0.25) is 0 Å². The molecule has 0 fully saturated rings. The van der Waals surface area contributed by atoms with E-state index < -0.39 is 0 Å². The minimum atomic E-state index is 0.0325. The van der Waals surface area contributed by atoms with Gasteiger partial charge in [0.25, 0.3) is 0 Å². The molecule has 1 atom stereocenters. The molecule has 0 aliphatic rings. The van der Waals surface area contributed by atoms with Crippen molar-refractivity contribution in [2.75, 3.05) is 0 Å². The molecule has 4 heteroatoms. The van der Waals surface area contributed by atoms with Gasteiger partial charge in [-0.05, 0) is 12.5 Å². The summed E-state index contributed by atoms with van der Waals surface area (Å²) in [4.78, 5) is 0. The summed E-state index contributed by atoms with van der Waals surface area (Å²) >= 11 is 0. The van der Waals surface area contributed by atoms with Crippen molar-refractivity contribution in [1.82, 2.24) is 0 Å². The van der Waals surface area contributed by atoms with Crippen LogP contribution in [0.15, 0.2) is 29.4 Å². The predicted molar refractivity (Wildman–Crippen MR) is 54.0 cm³/mol. The Morgan fingerprint density at radius 2 is 1.85 bits per heavy atom. The second-order valence-electron chi connectivity index (χ2n) is 2.93. The van der Waals surface area contributed by atoms with Crippen molar-refractivity contribution in [1.29, 1.82) is 0 Å². The van der Waals surface area contributed by atoms with Crippen LogP contribution in [0.4, 0.5) is 0 Å². The zero-order valence-corrected chi connectivity index (χ0v) is 7.57. The topological polar surface area (TPSA) is 90.4 Å². The molecule has 4 nitrogen and oxygen atoms in total. The fourth-order valence-electron chi connectivity index (χ4n) is 1.03. The Morgan fingerprint density at radius 1 is 1.31 bits per heavy atom. The van der Waals surface area contributed by atoms with Crippen LogP contribution in [0.25, 0.3) is 0 Å². The Labute approximate surface area is 77.4 Å². The van der Waals surface area contributed by atoms with Crippen LogP contribution < -0.4 is 17.3 Å². The van der Waals surface area contributed by atoms with Gasteiger partial charge in [-0.25, -0.2) is 0 Å². The summed E-state index contributed by atoms with van der Waals surface area (Å²) in [5, 5.41) is 3.40. The lowest BCUT2D eigenvalue weighted by Gasteiger charge is -2.05. The minimum Gasteiger partial charge on any atom is -0.382 e. The quantitative estimate of drug-likeness (QED) is 0.263. The van der Waals surface area contributed by atoms with Gasteiger partial charge in [-0.15, -0.1) is 0 Å². The number of nitrogens with zero attached hydrogens (tertiary/aromatic N) is 1. The molecule has 1 aromatic carbocycles. The highest BCUT2D eigenvalue weighted by Gasteiger charge is 2.00. The summed E-state index contributed by atoms with van der Waals surface area (Å²) in [6, 6.07) is 7.57. The maximum absolute atomic E-state index is 5.69. The van der Waals surface area contributed by atoms with E-state index in [0.717, 1.165) is 11.1 Å². The van der Waals surface area contributed by atoms with E-state index in [1.807, 2.05) is 31.2 Å². The normalized spacial score (nSPS) is 14.2. The molecule has 1 rings (SSSR count). The summed E-state index contributed by atoms with van der Waals surface area (Å²) < 4.78 is 0. The molecule has 0 saturated carbocycles. The Kier molecular flexibility index (Phi) is 2.87. The molecule has 0 aliphatic heterocycles. The summed E-state index contributed by atoms with van der Waals surface area (Å²) in [6.45, 7) is 1.93. The van der Waals surface area contributed by atoms with Crippen molar-refractivity contribution >= 4 is 5.84 Å². The Bertz CT molecular complexity index is 300. The number of amidine groups is 1. The fourth-order valence-corrected chi connectivity index (χ4v) is 1.03. The summed E-state index contributed by atoms with van der Waals surface area (Å²) in [7, 11) is 0. The molecule has 1 unspecified atom stereocenters. The van der Waals surface area contributed by atoms with E-state index in [1.165, 1.54) is 0 Å². The van der Waals surface area contributed by atoms with Crippen LogP contribution in [-0.2, 0) is 0 Å². The van der Waals surface area contributed by atoms with Gasteiger partial charge >= 0.3 is 0 Å². The Hall–Kier alpha value is -1.55. The molecule has 13 heavy (non-hydrogen) atoms. The lowest BCUT2D eigenvalue weighted by molar-refractivity contribution is 0.818. The van der Waals surface area contributed by atoms with Crippen LogP contribution in [0.1, 0.15) is 24.1 Å². The Morgan fingerprint density at radius 3 is 2.23 bits per heavy atom. The molecule has 0 heterocycles. The van der Waals surface area contributed by atoms with Crippen molar-refractivity contribution < 1.29 is 0 Å². The van der Waals surface area contributed by atoms with Crippen molar-refractivity contribution in [2.45, 2.75) is 13.0 Å². The first-order chi connectivity index (χ1) is 6.15. The number of hydrogen-bond acceptors (Lipinski definition) is 3. The van der Waals surface area contributed by atoms with Crippen LogP contribution in [0, 0.1) is 0 Å². The van der Waals surface area contributed by atoms with E-state index in [-0.39, 0.29) is 6.04 Å². The van der Waals surface area contributed by atoms with E-state index in [4.69, 9.17) is 17.3 Å². The Balaban J connectivity index is 2.94. The minimum absolute atomic E-state index is 0.0325. The van der Waals surface area contributed by atoms with Crippen molar-refractivity contribution in [2.24, 2.45) is 22.4 Å². The molecular formula is C9H14N4. The van der Waals surface area contributed by atoms with Gasteiger partial charge in [0, 0.05) is 11.6 Å². The molecule has 0 aliphatic carbocycles. The fraction of sp³-hybridized carbons (Fsp3) is 0.222. The molecule has 0 bridgehead atoms. The number of rotatable bonds is 2. The van der Waals surface area contributed by atoms with Crippen LogP contribution in [-0.4, -0.2) is 5.84 Å². The first-order valence-corrected chi connectivity index (χ1v) is 4.04. The molecule has 0 spiro atoms. The predicted octanol–water partition coefficient (Wildman–Crippen LogP) is 0.285. The van der Waals surface area contributed by atoms with Gasteiger partial charge < -0.3 is 17.3 Å². The van der Waals surface area contributed by atoms with E-state index >= 15 is 0 Å². The van der Waals surface area contributed by atoms with Gasteiger partial charge in [0.05, 0.1) is 0 Å². The second kappa shape index (κ2) is 3.91. The van der Waals surface area contributed by atoms with Gasteiger partial charge in [0.15, 0.2) is 0 Å². The first kappa shape index (κ1) is 9.54. The largest absolute Gasteiger partial charge is 0.382 e. The zero-order valence-electron chi connectivity index (χ0n) is 7.57. The smallest absolute Gasteiger partial charge is 0.150 e. The number of hydrogen-bond donors (Lipinski definition) is 3. The van der Waals surface area contributed by atoms with Crippen molar-refractivity contribution in [3.8, 4) is 0 Å².